The maximum Gasteiger partial charge on any atom is 0.214 e. The minimum absolute atomic E-state index is 0. The van der Waals surface area contributed by atoms with E-state index in [0.717, 1.165) is 50.0 Å². The molecule has 0 N–H and O–H groups in total. The number of nitrogens with zero attached hydrogens (tertiary/aromatic N) is 3. The van der Waals surface area contributed by atoms with Crippen molar-refractivity contribution in [3.8, 4) is 22.5 Å². The first-order valence-electron chi connectivity index (χ1n) is 15.4. The third-order valence-electron chi connectivity index (χ3n) is 7.32. The van der Waals surface area contributed by atoms with Crippen LogP contribution < -0.4 is 5.19 Å². The van der Waals surface area contributed by atoms with Crippen LogP contribution in [0, 0.1) is 23.5 Å². The van der Waals surface area contributed by atoms with Crippen molar-refractivity contribution in [3.63, 3.8) is 0 Å². The van der Waals surface area contributed by atoms with E-state index in [0.29, 0.717) is 4.83 Å². The molecule has 6 aromatic rings. The van der Waals surface area contributed by atoms with Gasteiger partial charge in [-0.1, -0.05) is 82.9 Å². The summed E-state index contributed by atoms with van der Waals surface area (Å²) >= 11 is 1.49. The quantitative estimate of drug-likeness (QED) is 0.0989. The van der Waals surface area contributed by atoms with Crippen LogP contribution in [0.5, 0.6) is 0 Å². The largest absolute Gasteiger partial charge is 0.305 e. The summed E-state index contributed by atoms with van der Waals surface area (Å²) in [7, 11) is -1.50. The van der Waals surface area contributed by atoms with Gasteiger partial charge in [0.15, 0.2) is 0 Å². The van der Waals surface area contributed by atoms with Crippen molar-refractivity contribution < 1.29 is 25.9 Å². The molecule has 0 aliphatic rings. The number of rotatable bonds is 5. The van der Waals surface area contributed by atoms with Crippen LogP contribution in [-0.4, -0.2) is 23.0 Å². The first-order valence-corrected chi connectivity index (χ1v) is 19.2. The van der Waals surface area contributed by atoms with Crippen molar-refractivity contribution in [1.82, 2.24) is 15.0 Å². The first kappa shape index (κ1) is 33.3. The number of hydrogen-bond acceptors (Lipinski definition) is 4. The summed E-state index contributed by atoms with van der Waals surface area (Å²) in [5.41, 5.74) is 6.32. The molecule has 0 saturated carbocycles. The molecule has 0 saturated heterocycles. The monoisotopic (exact) mass is 811 g/mol. The van der Waals surface area contributed by atoms with Crippen LogP contribution in [0.2, 0.25) is 19.6 Å². The number of thiophene rings is 1. The Morgan fingerprint density at radius 1 is 0.933 bits per heavy atom. The zero-order valence-electron chi connectivity index (χ0n) is 28.2. The summed E-state index contributed by atoms with van der Waals surface area (Å²) in [4.78, 5) is 13.9. The molecular weight excluding hydrogens is 770 g/mol. The topological polar surface area (TPSA) is 38.7 Å². The Kier molecular flexibility index (Phi) is 10.4. The maximum atomic E-state index is 13.5. The molecule has 6 rings (SSSR count). The van der Waals surface area contributed by atoms with Gasteiger partial charge in [-0.05, 0) is 57.2 Å². The van der Waals surface area contributed by atoms with Crippen LogP contribution in [0.15, 0.2) is 79.1 Å². The fraction of sp³-hybridized carbons (Fsp3) is 0.289. The summed E-state index contributed by atoms with van der Waals surface area (Å²) in [6, 6.07) is 27.8. The second-order valence-corrected chi connectivity index (χ2v) is 19.7. The zero-order chi connectivity index (χ0) is 32.6. The van der Waals surface area contributed by atoms with Crippen molar-refractivity contribution in [1.29, 1.82) is 0 Å². The molecule has 4 heterocycles. The van der Waals surface area contributed by atoms with Crippen molar-refractivity contribution in [3.05, 3.63) is 108 Å². The molecule has 0 fully saturated rings. The predicted octanol–water partition coefficient (Wildman–Crippen LogP) is 10.3. The molecular formula is C38H40FIrN3SSi-2. The van der Waals surface area contributed by atoms with E-state index in [1.54, 1.807) is 6.07 Å². The predicted molar refractivity (Wildman–Crippen MR) is 188 cm³/mol. The van der Waals surface area contributed by atoms with Gasteiger partial charge in [0.25, 0.3) is 0 Å². The van der Waals surface area contributed by atoms with Gasteiger partial charge in [-0.15, -0.1) is 59.7 Å². The summed E-state index contributed by atoms with van der Waals surface area (Å²) in [6.07, 6.45) is 4.82. The summed E-state index contributed by atoms with van der Waals surface area (Å²) < 4.78 is 23.0. The first-order chi connectivity index (χ1) is 21.1. The Labute approximate surface area is 287 Å². The van der Waals surface area contributed by atoms with Crippen molar-refractivity contribution >= 4 is 44.9 Å². The van der Waals surface area contributed by atoms with Crippen molar-refractivity contribution in [2.45, 2.75) is 66.6 Å². The molecule has 0 atom stereocenters. The second kappa shape index (κ2) is 14.1. The average molecular weight is 811 g/mol. The van der Waals surface area contributed by atoms with Gasteiger partial charge in [0.2, 0.25) is 5.95 Å². The summed E-state index contributed by atoms with van der Waals surface area (Å²) in [5, 5.41) is 3.32. The molecule has 7 heteroatoms. The molecule has 3 nitrogen and oxygen atoms in total. The van der Waals surface area contributed by atoms with Crippen molar-refractivity contribution in [2.24, 2.45) is 5.41 Å². The maximum absolute atomic E-state index is 13.5. The molecule has 2 aromatic carbocycles. The average Bonchev–Trinajstić information content (AvgIpc) is 3.34. The minimum Gasteiger partial charge on any atom is -0.305 e. The number of pyridine rings is 3. The Bertz CT molecular complexity index is 1960. The molecule has 0 amide bonds. The smallest absolute Gasteiger partial charge is 0.214 e. The Hall–Kier alpha value is -3.09. The van der Waals surface area contributed by atoms with Gasteiger partial charge in [-0.3, -0.25) is 0 Å². The standard InChI is InChI=1S/C21H18FN2S.C17H22NSi.Ir/c1-21(2,3)12-13-9-10-23-17(11-13)16-6-4-5-14-15-7-8-18(22)24-20(15)25-19(14)16;1-13(2)15-11-16(14-9-7-6-8-10-14)18-12-17(15)19(3,4)5;/h4-5,7-11H,12H2,1-3H3;6-9,11-13H,1-5H3;/q2*-1;/i;13D;. The molecule has 235 valence electrons. The number of halogens is 1. The number of fused-ring (bicyclic) bond motifs is 3. The molecule has 0 bridgehead atoms. The van der Waals surface area contributed by atoms with Crippen molar-refractivity contribution in [2.75, 3.05) is 0 Å². The van der Waals surface area contributed by atoms with Gasteiger partial charge < -0.3 is 9.97 Å². The molecule has 1 radical (unpaired) electrons. The fourth-order valence-electron chi connectivity index (χ4n) is 5.29. The van der Waals surface area contributed by atoms with E-state index < -0.39 is 19.9 Å². The third kappa shape index (κ3) is 8.39. The number of aromatic nitrogens is 3. The fourth-order valence-corrected chi connectivity index (χ4v) is 8.04. The minimum atomic E-state index is -1.50. The molecule has 0 spiro atoms. The van der Waals surface area contributed by atoms with E-state index in [4.69, 9.17) is 1.37 Å². The number of benzene rings is 2. The molecule has 0 aliphatic carbocycles. The summed E-state index contributed by atoms with van der Waals surface area (Å²) in [5.74, 6) is -1.06. The molecule has 0 aliphatic heterocycles. The SMILES string of the molecule is CC(C)(C)Cc1ccnc(-c2[c-]ccc3c2sc2nc(F)ccc23)c1.[2H]C(C)(C)c1cc(-c2[c-]cccc2)ncc1[Si](C)(C)C.[Ir]. The van der Waals surface area contributed by atoms with E-state index in [9.17, 15) is 4.39 Å². The van der Waals surface area contributed by atoms with Crippen LogP contribution in [0.3, 0.4) is 0 Å². The van der Waals surface area contributed by atoms with Crippen LogP contribution in [0.25, 0.3) is 42.8 Å². The van der Waals surface area contributed by atoms with E-state index in [1.807, 2.05) is 62.6 Å². The Morgan fingerprint density at radius 3 is 2.38 bits per heavy atom. The Balaban J connectivity index is 0.000000210. The van der Waals surface area contributed by atoms with Crippen LogP contribution in [0.1, 0.15) is 53.0 Å². The third-order valence-corrected chi connectivity index (χ3v) is 10.5. The van der Waals surface area contributed by atoms with Gasteiger partial charge in [-0.2, -0.15) is 15.7 Å². The zero-order valence-corrected chi connectivity index (χ0v) is 31.4. The van der Waals surface area contributed by atoms with Crippen LogP contribution >= 0.6 is 11.3 Å². The van der Waals surface area contributed by atoms with E-state index in [-0.39, 0.29) is 25.5 Å². The van der Waals surface area contributed by atoms with Gasteiger partial charge in [0.1, 0.15) is 4.83 Å². The number of hydrogen-bond donors (Lipinski definition) is 0. The van der Waals surface area contributed by atoms with Gasteiger partial charge in [0.05, 0.1) is 8.07 Å². The van der Waals surface area contributed by atoms with Gasteiger partial charge in [-0.25, -0.2) is 4.98 Å². The van der Waals surface area contributed by atoms with Crippen LogP contribution in [-0.2, 0) is 26.5 Å². The van der Waals surface area contributed by atoms with Gasteiger partial charge >= 0.3 is 0 Å². The van der Waals surface area contributed by atoms with E-state index in [2.05, 4.69) is 85.7 Å². The molecule has 45 heavy (non-hydrogen) atoms. The van der Waals surface area contributed by atoms with Crippen LogP contribution in [0.4, 0.5) is 4.39 Å². The Morgan fingerprint density at radius 2 is 1.71 bits per heavy atom. The molecule has 0 unspecified atom stereocenters. The second-order valence-electron chi connectivity index (χ2n) is 13.6. The normalized spacial score (nSPS) is 12.3. The molecule has 4 aromatic heterocycles. The summed E-state index contributed by atoms with van der Waals surface area (Å²) in [6.45, 7) is 17.5. The van der Waals surface area contributed by atoms with E-state index >= 15 is 0 Å². The van der Waals surface area contributed by atoms with E-state index in [1.165, 1.54) is 28.2 Å². The van der Waals surface area contributed by atoms with Gasteiger partial charge in [0, 0.05) is 39.3 Å².